The van der Waals surface area contributed by atoms with Crippen LogP contribution in [0, 0.1) is 0 Å². The van der Waals surface area contributed by atoms with E-state index in [0.717, 1.165) is 0 Å². The summed E-state index contributed by atoms with van der Waals surface area (Å²) >= 11 is 0. The van der Waals surface area contributed by atoms with E-state index in [4.69, 9.17) is 0 Å². The molecule has 1 rings (SSSR count). The molecule has 13 heavy (non-hydrogen) atoms. The molecule has 0 spiro atoms. The van der Waals surface area contributed by atoms with Crippen molar-refractivity contribution in [3.05, 3.63) is 0 Å². The van der Waals surface area contributed by atoms with Crippen molar-refractivity contribution in [1.29, 1.82) is 0 Å². The average Bonchev–Trinajstić information content (AvgIpc) is 2.51. The molecule has 1 aliphatic heterocycles. The first-order chi connectivity index (χ1) is 6.29. The molecule has 1 heterocycles. The Balaban J connectivity index is 2.59. The second-order valence-corrected chi connectivity index (χ2v) is 4.42. The summed E-state index contributed by atoms with van der Waals surface area (Å²) in [4.78, 5) is 2.75. The van der Waals surface area contributed by atoms with Gasteiger partial charge < -0.3 is 0 Å². The van der Waals surface area contributed by atoms with Crippen LogP contribution in [0.5, 0.6) is 0 Å². The van der Waals surface area contributed by atoms with Crippen molar-refractivity contribution < 1.29 is 0 Å². The van der Waals surface area contributed by atoms with Crippen molar-refractivity contribution in [3.8, 4) is 0 Å². The van der Waals surface area contributed by atoms with E-state index in [9.17, 15) is 0 Å². The predicted octanol–water partition coefficient (Wildman–Crippen LogP) is 3.44. The van der Waals surface area contributed by atoms with Gasteiger partial charge in [-0.2, -0.15) is 0 Å². The van der Waals surface area contributed by atoms with E-state index in [1.54, 1.807) is 0 Å². The highest BCUT2D eigenvalue weighted by Gasteiger charge is 2.37. The monoisotopic (exact) mass is 183 g/mol. The van der Waals surface area contributed by atoms with Crippen molar-refractivity contribution in [1.82, 2.24) is 4.90 Å². The molecule has 0 N–H and O–H groups in total. The Hall–Kier alpha value is -0.0400. The maximum Gasteiger partial charge on any atom is 0.0207 e. The van der Waals surface area contributed by atoms with Gasteiger partial charge in [-0.15, -0.1) is 0 Å². The lowest BCUT2D eigenvalue weighted by molar-refractivity contribution is 0.120. The third-order valence-electron chi connectivity index (χ3n) is 3.61. The SMILES string of the molecule is CCCN1CCCC1(CC)CCC. The van der Waals surface area contributed by atoms with Crippen LogP contribution in [0.15, 0.2) is 0 Å². The number of rotatable bonds is 5. The van der Waals surface area contributed by atoms with Crippen LogP contribution in [0.25, 0.3) is 0 Å². The summed E-state index contributed by atoms with van der Waals surface area (Å²) in [5.41, 5.74) is 0.588. The van der Waals surface area contributed by atoms with Gasteiger partial charge in [-0.3, -0.25) is 4.90 Å². The van der Waals surface area contributed by atoms with Crippen LogP contribution in [-0.2, 0) is 0 Å². The highest BCUT2D eigenvalue weighted by molar-refractivity contribution is 4.94. The first kappa shape index (κ1) is 11.0. The van der Waals surface area contributed by atoms with Gasteiger partial charge in [0.15, 0.2) is 0 Å². The predicted molar refractivity (Wildman–Crippen MR) is 59.0 cm³/mol. The molecule has 0 aromatic carbocycles. The van der Waals surface area contributed by atoms with Crippen molar-refractivity contribution in [2.45, 2.75) is 64.8 Å². The topological polar surface area (TPSA) is 3.24 Å². The highest BCUT2D eigenvalue weighted by atomic mass is 15.2. The zero-order valence-electron chi connectivity index (χ0n) is 9.60. The molecule has 0 aromatic heterocycles. The van der Waals surface area contributed by atoms with Crippen molar-refractivity contribution >= 4 is 0 Å². The van der Waals surface area contributed by atoms with Gasteiger partial charge >= 0.3 is 0 Å². The van der Waals surface area contributed by atoms with E-state index in [-0.39, 0.29) is 0 Å². The number of hydrogen-bond acceptors (Lipinski definition) is 1. The number of nitrogens with zero attached hydrogens (tertiary/aromatic N) is 1. The molecule has 0 bridgehead atoms. The minimum atomic E-state index is 0.588. The van der Waals surface area contributed by atoms with Crippen LogP contribution in [0.2, 0.25) is 0 Å². The van der Waals surface area contributed by atoms with Crippen LogP contribution in [0.3, 0.4) is 0 Å². The van der Waals surface area contributed by atoms with E-state index in [0.29, 0.717) is 5.54 Å². The van der Waals surface area contributed by atoms with Crippen molar-refractivity contribution in [3.63, 3.8) is 0 Å². The van der Waals surface area contributed by atoms with Gasteiger partial charge in [0.05, 0.1) is 0 Å². The van der Waals surface area contributed by atoms with Crippen LogP contribution in [-0.4, -0.2) is 23.5 Å². The standard InChI is InChI=1S/C12H25N/c1-4-8-12(6-3)9-7-11-13(12)10-5-2/h4-11H2,1-3H3. The molecule has 1 saturated heterocycles. The maximum atomic E-state index is 2.75. The van der Waals surface area contributed by atoms with Gasteiger partial charge in [-0.25, -0.2) is 0 Å². The summed E-state index contributed by atoms with van der Waals surface area (Å²) in [5.74, 6) is 0. The second-order valence-electron chi connectivity index (χ2n) is 4.42. The van der Waals surface area contributed by atoms with Gasteiger partial charge in [0.1, 0.15) is 0 Å². The Labute approximate surface area is 83.5 Å². The van der Waals surface area contributed by atoms with Gasteiger partial charge in [0.2, 0.25) is 0 Å². The molecule has 1 aliphatic rings. The first-order valence-electron chi connectivity index (χ1n) is 6.04. The van der Waals surface area contributed by atoms with Gasteiger partial charge in [0.25, 0.3) is 0 Å². The summed E-state index contributed by atoms with van der Waals surface area (Å²) in [7, 11) is 0. The molecule has 1 atom stereocenters. The van der Waals surface area contributed by atoms with Crippen LogP contribution in [0.4, 0.5) is 0 Å². The largest absolute Gasteiger partial charge is 0.298 e. The van der Waals surface area contributed by atoms with E-state index in [1.165, 1.54) is 51.6 Å². The fraction of sp³-hybridized carbons (Fsp3) is 1.00. The molecule has 0 aromatic rings. The third kappa shape index (κ3) is 2.25. The minimum absolute atomic E-state index is 0.588. The van der Waals surface area contributed by atoms with Gasteiger partial charge in [0, 0.05) is 5.54 Å². The summed E-state index contributed by atoms with van der Waals surface area (Å²) < 4.78 is 0. The molecule has 0 saturated carbocycles. The van der Waals surface area contributed by atoms with E-state index < -0.39 is 0 Å². The van der Waals surface area contributed by atoms with Crippen molar-refractivity contribution in [2.24, 2.45) is 0 Å². The molecule has 0 amide bonds. The van der Waals surface area contributed by atoms with Crippen LogP contribution in [0.1, 0.15) is 59.3 Å². The quantitative estimate of drug-likeness (QED) is 0.631. The molecular formula is C12H25N. The fourth-order valence-electron chi connectivity index (χ4n) is 2.94. The molecule has 0 radical (unpaired) electrons. The van der Waals surface area contributed by atoms with E-state index >= 15 is 0 Å². The van der Waals surface area contributed by atoms with E-state index in [2.05, 4.69) is 25.7 Å². The van der Waals surface area contributed by atoms with E-state index in [1.807, 2.05) is 0 Å². The van der Waals surface area contributed by atoms with Gasteiger partial charge in [-0.1, -0.05) is 27.2 Å². The molecule has 1 unspecified atom stereocenters. The van der Waals surface area contributed by atoms with Crippen LogP contribution >= 0.6 is 0 Å². The summed E-state index contributed by atoms with van der Waals surface area (Å²) in [6.45, 7) is 9.64. The van der Waals surface area contributed by atoms with Crippen molar-refractivity contribution in [2.75, 3.05) is 13.1 Å². The lowest BCUT2D eigenvalue weighted by atomic mass is 9.88. The van der Waals surface area contributed by atoms with Gasteiger partial charge in [-0.05, 0) is 45.2 Å². The zero-order valence-corrected chi connectivity index (χ0v) is 9.60. The Morgan fingerprint density at radius 2 is 1.92 bits per heavy atom. The molecule has 1 heteroatoms. The Bertz CT molecular complexity index is 144. The normalized spacial score (nSPS) is 29.8. The average molecular weight is 183 g/mol. The molecular weight excluding hydrogens is 158 g/mol. The first-order valence-corrected chi connectivity index (χ1v) is 6.04. The Kier molecular flexibility index (Phi) is 4.24. The third-order valence-corrected chi connectivity index (χ3v) is 3.61. The Morgan fingerprint density at radius 1 is 1.15 bits per heavy atom. The molecule has 0 aliphatic carbocycles. The molecule has 1 fully saturated rings. The van der Waals surface area contributed by atoms with Crippen LogP contribution < -0.4 is 0 Å². The summed E-state index contributed by atoms with van der Waals surface area (Å²) in [6, 6.07) is 0. The summed E-state index contributed by atoms with van der Waals surface area (Å²) in [6.07, 6.45) is 8.27. The highest BCUT2D eigenvalue weighted by Crippen LogP contribution is 2.36. The number of hydrogen-bond donors (Lipinski definition) is 0. The lowest BCUT2D eigenvalue weighted by Gasteiger charge is -2.38. The molecule has 78 valence electrons. The smallest absolute Gasteiger partial charge is 0.0207 e. The summed E-state index contributed by atoms with van der Waals surface area (Å²) in [5, 5.41) is 0. The lowest BCUT2D eigenvalue weighted by Crippen LogP contribution is -2.43. The fourth-order valence-corrected chi connectivity index (χ4v) is 2.94. The number of likely N-dealkylation sites (tertiary alicyclic amines) is 1. The zero-order chi connectivity index (χ0) is 9.73. The maximum absolute atomic E-state index is 2.75. The second kappa shape index (κ2) is 4.99. The minimum Gasteiger partial charge on any atom is -0.298 e. The molecule has 1 nitrogen and oxygen atoms in total. The Morgan fingerprint density at radius 3 is 2.46 bits per heavy atom.